The van der Waals surface area contributed by atoms with E-state index in [-0.39, 0.29) is 11.6 Å². The Balaban J connectivity index is 1.61. The van der Waals surface area contributed by atoms with Gasteiger partial charge >= 0.3 is 6.03 Å². The number of carbonyl (C=O) groups is 1. The molecule has 2 heterocycles. The number of anilines is 2. The lowest BCUT2D eigenvalue weighted by Gasteiger charge is -2.34. The monoisotopic (exact) mass is 462 g/mol. The number of rotatable bonds is 4. The topological polar surface area (TPSA) is 77.4 Å². The van der Waals surface area contributed by atoms with Gasteiger partial charge in [0.2, 0.25) is 0 Å². The molecule has 1 aliphatic rings. The zero-order chi connectivity index (χ0) is 22.3. The third kappa shape index (κ3) is 4.17. The lowest BCUT2D eigenvalue weighted by molar-refractivity contribution is 0.248. The lowest BCUT2D eigenvalue weighted by Crippen LogP contribution is -2.49. The number of benzene rings is 2. The summed E-state index contributed by atoms with van der Waals surface area (Å²) >= 11 is 1.10. The van der Waals surface area contributed by atoms with Gasteiger partial charge in [-0.1, -0.05) is 23.5 Å². The van der Waals surface area contributed by atoms with Crippen LogP contribution < -0.4 is 9.80 Å². The van der Waals surface area contributed by atoms with Crippen LogP contribution in [0.25, 0.3) is 11.1 Å². The number of thiazole rings is 1. The number of aromatic nitrogens is 1. The van der Waals surface area contributed by atoms with E-state index in [4.69, 9.17) is 4.78 Å². The number of nitrogens with one attached hydrogen (secondary N) is 1. The molecule has 3 aromatic rings. The molecule has 0 spiro atoms. The molecule has 10 heteroatoms. The van der Waals surface area contributed by atoms with E-state index in [0.717, 1.165) is 29.5 Å². The van der Waals surface area contributed by atoms with Crippen molar-refractivity contribution >= 4 is 37.9 Å². The van der Waals surface area contributed by atoms with Crippen molar-refractivity contribution in [3.63, 3.8) is 0 Å². The summed E-state index contributed by atoms with van der Waals surface area (Å²) in [7, 11) is -2.93. The van der Waals surface area contributed by atoms with E-state index in [1.54, 1.807) is 36.1 Å². The third-order valence-electron chi connectivity index (χ3n) is 4.97. The van der Waals surface area contributed by atoms with Gasteiger partial charge < -0.3 is 0 Å². The molecule has 1 fully saturated rings. The Kier molecular flexibility index (Phi) is 5.52. The van der Waals surface area contributed by atoms with Crippen molar-refractivity contribution in [3.05, 3.63) is 59.8 Å². The highest BCUT2D eigenvalue weighted by Gasteiger charge is 2.31. The third-order valence-corrected chi connectivity index (χ3v) is 8.15. The van der Waals surface area contributed by atoms with Crippen LogP contribution in [-0.4, -0.2) is 34.6 Å². The molecule has 0 bridgehead atoms. The van der Waals surface area contributed by atoms with Crippen LogP contribution in [-0.2, 0) is 9.73 Å². The Labute approximate surface area is 183 Å². The number of aryl methyl sites for hydroxylation is 1. The second-order valence-electron chi connectivity index (χ2n) is 7.32. The maximum Gasteiger partial charge on any atom is 0.330 e. The molecule has 1 atom stereocenters. The van der Waals surface area contributed by atoms with E-state index < -0.39 is 21.4 Å². The molecule has 2 amide bonds. The summed E-state index contributed by atoms with van der Waals surface area (Å²) in [4.78, 5) is 20.6. The van der Waals surface area contributed by atoms with E-state index in [1.165, 1.54) is 11.2 Å². The second-order valence-corrected chi connectivity index (χ2v) is 10.7. The van der Waals surface area contributed by atoms with Gasteiger partial charge in [0.1, 0.15) is 15.8 Å². The van der Waals surface area contributed by atoms with Gasteiger partial charge in [-0.15, -0.1) is 0 Å². The van der Waals surface area contributed by atoms with E-state index in [1.807, 2.05) is 0 Å². The molecular formula is C21H20F2N4O2S2. The van der Waals surface area contributed by atoms with Crippen molar-refractivity contribution < 1.29 is 17.8 Å². The average molecular weight is 463 g/mol. The first-order valence-corrected chi connectivity index (χ1v) is 12.3. The molecule has 2 aromatic carbocycles. The van der Waals surface area contributed by atoms with Crippen LogP contribution in [0.4, 0.5) is 24.4 Å². The summed E-state index contributed by atoms with van der Waals surface area (Å²) in [5.41, 5.74) is 1.79. The normalized spacial score (nSPS) is 16.5. The van der Waals surface area contributed by atoms with Crippen molar-refractivity contribution in [2.75, 3.05) is 29.1 Å². The number of halogens is 2. The summed E-state index contributed by atoms with van der Waals surface area (Å²) in [6.07, 6.45) is 2.03. The Bertz CT molecular complexity index is 1260. The molecule has 6 nitrogen and oxygen atoms in total. The van der Waals surface area contributed by atoms with Gasteiger partial charge in [-0.3, -0.25) is 9.80 Å². The zero-order valence-electron chi connectivity index (χ0n) is 16.9. The quantitative estimate of drug-likeness (QED) is 0.574. The fourth-order valence-corrected chi connectivity index (χ4v) is 5.82. The number of carbonyl (C=O) groups excluding carboxylic acids is 1. The van der Waals surface area contributed by atoms with Crippen LogP contribution in [0, 0.1) is 23.3 Å². The minimum atomic E-state index is -2.93. The van der Waals surface area contributed by atoms with Crippen molar-refractivity contribution in [2.24, 2.45) is 0 Å². The molecule has 0 aliphatic carbocycles. The maximum atomic E-state index is 14.1. The van der Waals surface area contributed by atoms with Gasteiger partial charge in [-0.2, -0.15) is 0 Å². The van der Waals surface area contributed by atoms with Gasteiger partial charge in [-0.05, 0) is 49.2 Å². The minimum absolute atomic E-state index is 0.155. The number of amides is 2. The highest BCUT2D eigenvalue weighted by molar-refractivity contribution is 7.93. The van der Waals surface area contributed by atoms with E-state index in [9.17, 15) is 17.8 Å². The van der Waals surface area contributed by atoms with Crippen LogP contribution in [0.3, 0.4) is 0 Å². The first-order chi connectivity index (χ1) is 14.6. The van der Waals surface area contributed by atoms with Crippen LogP contribution in [0.15, 0.2) is 46.7 Å². The van der Waals surface area contributed by atoms with E-state index >= 15 is 0 Å². The molecule has 162 valence electrons. The predicted octanol–water partition coefficient (Wildman–Crippen LogP) is 5.27. The van der Waals surface area contributed by atoms with E-state index in [2.05, 4.69) is 4.98 Å². The Morgan fingerprint density at radius 2 is 1.77 bits per heavy atom. The molecule has 1 N–H and O–H groups in total. The molecule has 31 heavy (non-hydrogen) atoms. The van der Waals surface area contributed by atoms with Gasteiger partial charge in [0.05, 0.1) is 15.4 Å². The lowest BCUT2D eigenvalue weighted by atomic mass is 10.0. The van der Waals surface area contributed by atoms with Crippen LogP contribution in [0.2, 0.25) is 0 Å². The fraction of sp³-hybridized carbons (Fsp3) is 0.238. The summed E-state index contributed by atoms with van der Waals surface area (Å²) < 4.78 is 47.9. The Morgan fingerprint density at radius 1 is 1.10 bits per heavy atom. The number of hydrogen-bond donors (Lipinski definition) is 1. The van der Waals surface area contributed by atoms with Crippen molar-refractivity contribution in [1.29, 1.82) is 4.78 Å². The molecule has 1 saturated heterocycles. The van der Waals surface area contributed by atoms with Crippen LogP contribution in [0.5, 0.6) is 0 Å². The van der Waals surface area contributed by atoms with Gasteiger partial charge in [0, 0.05) is 30.6 Å². The van der Waals surface area contributed by atoms with E-state index in [0.29, 0.717) is 45.8 Å². The number of nitrogens with zero attached hydrogens (tertiary/aromatic N) is 3. The van der Waals surface area contributed by atoms with Crippen molar-refractivity contribution in [3.8, 4) is 11.1 Å². The Hall–Kier alpha value is -2.85. The highest BCUT2D eigenvalue weighted by atomic mass is 32.2. The Morgan fingerprint density at radius 3 is 2.42 bits per heavy atom. The first-order valence-electron chi connectivity index (χ1n) is 9.51. The number of hydrogen-bond acceptors (Lipinski definition) is 5. The molecule has 4 rings (SSSR count). The highest BCUT2D eigenvalue weighted by Crippen LogP contribution is 2.33. The van der Waals surface area contributed by atoms with Crippen LogP contribution in [0.1, 0.15) is 12.1 Å². The zero-order valence-corrected chi connectivity index (χ0v) is 18.5. The van der Waals surface area contributed by atoms with Gasteiger partial charge in [-0.25, -0.2) is 27.5 Å². The largest absolute Gasteiger partial charge is 0.330 e. The predicted molar refractivity (Wildman–Crippen MR) is 118 cm³/mol. The molecule has 1 aromatic heterocycles. The molecule has 0 radical (unpaired) electrons. The first kappa shape index (κ1) is 21.4. The summed E-state index contributed by atoms with van der Waals surface area (Å²) in [5.74, 6) is -1.05. The molecule has 0 unspecified atom stereocenters. The fourth-order valence-electron chi connectivity index (χ4n) is 3.53. The SMILES string of the molecule is Cc1nc(N2CCCN(c3ccc(-c4cc(F)ccc4F)cc3)C2=O)sc1[S@@](C)(=N)=O. The van der Waals surface area contributed by atoms with Crippen molar-refractivity contribution in [2.45, 2.75) is 17.6 Å². The standard InChI is InChI=1S/C21H20F2N4O2S2/c1-13-19(31(2,24)29)30-20(25-13)27-11-3-10-26(21(27)28)16-7-4-14(5-8-16)17-12-15(22)6-9-18(17)23/h4-9,12,24H,3,10-11H2,1-2H3/t31-/m0/s1. The average Bonchev–Trinajstić information content (AvgIpc) is 3.12. The molecular weight excluding hydrogens is 442 g/mol. The molecule has 1 aliphatic heterocycles. The van der Waals surface area contributed by atoms with Crippen LogP contribution >= 0.6 is 11.3 Å². The van der Waals surface area contributed by atoms with Gasteiger partial charge in [0.15, 0.2) is 5.13 Å². The number of urea groups is 1. The second kappa shape index (κ2) is 8.01. The minimum Gasteiger partial charge on any atom is -0.294 e. The smallest absolute Gasteiger partial charge is 0.294 e. The maximum absolute atomic E-state index is 14.1. The summed E-state index contributed by atoms with van der Waals surface area (Å²) in [5, 5.41) is 0.419. The van der Waals surface area contributed by atoms with Crippen molar-refractivity contribution in [1.82, 2.24) is 4.98 Å². The summed E-state index contributed by atoms with van der Waals surface area (Å²) in [6.45, 7) is 2.66. The van der Waals surface area contributed by atoms with Gasteiger partial charge in [0.25, 0.3) is 0 Å². The molecule has 0 saturated carbocycles. The summed E-state index contributed by atoms with van der Waals surface area (Å²) in [6, 6.07) is 9.71.